The van der Waals surface area contributed by atoms with Gasteiger partial charge in [-0.3, -0.25) is 4.79 Å². The first kappa shape index (κ1) is 16.5. The van der Waals surface area contributed by atoms with Crippen LogP contribution in [0.15, 0.2) is 24.3 Å². The number of aliphatic hydroxyl groups is 1. The minimum atomic E-state index is -0.175. The van der Waals surface area contributed by atoms with Gasteiger partial charge in [-0.25, -0.2) is 0 Å². The van der Waals surface area contributed by atoms with Crippen LogP contribution in [0.3, 0.4) is 0 Å². The lowest BCUT2D eigenvalue weighted by atomic mass is 10.1. The van der Waals surface area contributed by atoms with Crippen LogP contribution in [0, 0.1) is 0 Å². The van der Waals surface area contributed by atoms with E-state index in [1.807, 2.05) is 26.0 Å². The van der Waals surface area contributed by atoms with Crippen molar-refractivity contribution in [3.63, 3.8) is 0 Å². The molecule has 112 valence electrons. The summed E-state index contributed by atoms with van der Waals surface area (Å²) in [5.74, 6) is -0.175. The Morgan fingerprint density at radius 2 is 1.90 bits per heavy atom. The van der Waals surface area contributed by atoms with Crippen LogP contribution in [0.1, 0.15) is 30.6 Å². The molecule has 0 aliphatic carbocycles. The molecule has 0 unspecified atom stereocenters. The van der Waals surface area contributed by atoms with Gasteiger partial charge in [0.15, 0.2) is 0 Å². The summed E-state index contributed by atoms with van der Waals surface area (Å²) in [5, 5.41) is 14.6. The zero-order valence-electron chi connectivity index (χ0n) is 12.4. The largest absolute Gasteiger partial charge is 0.395 e. The van der Waals surface area contributed by atoms with E-state index in [4.69, 9.17) is 9.84 Å². The van der Waals surface area contributed by atoms with Crippen molar-refractivity contribution in [2.45, 2.75) is 25.9 Å². The van der Waals surface area contributed by atoms with Crippen LogP contribution in [0.4, 0.5) is 5.69 Å². The third-order valence-corrected chi connectivity index (χ3v) is 3.15. The maximum atomic E-state index is 11.6. The number of nitrogens with one attached hydrogen (secondary N) is 2. The van der Waals surface area contributed by atoms with E-state index < -0.39 is 0 Å². The van der Waals surface area contributed by atoms with E-state index in [9.17, 15) is 4.79 Å². The maximum Gasteiger partial charge on any atom is 0.251 e. The fraction of sp³-hybridized carbons (Fsp3) is 0.533. The fourth-order valence-corrected chi connectivity index (χ4v) is 1.62. The maximum absolute atomic E-state index is 11.6. The molecule has 1 rings (SSSR count). The van der Waals surface area contributed by atoms with E-state index in [1.165, 1.54) is 0 Å². The number of rotatable bonds is 8. The van der Waals surface area contributed by atoms with E-state index in [-0.39, 0.29) is 24.7 Å². The zero-order valence-corrected chi connectivity index (χ0v) is 12.4. The number of ether oxygens (including phenoxy) is 1. The van der Waals surface area contributed by atoms with Gasteiger partial charge in [0.1, 0.15) is 0 Å². The molecule has 1 aromatic carbocycles. The van der Waals surface area contributed by atoms with Crippen LogP contribution in [-0.2, 0) is 4.74 Å². The molecule has 0 saturated carbocycles. The molecule has 5 heteroatoms. The van der Waals surface area contributed by atoms with Crippen LogP contribution in [-0.4, -0.2) is 43.4 Å². The highest BCUT2D eigenvalue weighted by Crippen LogP contribution is 2.14. The molecule has 0 aliphatic rings. The van der Waals surface area contributed by atoms with Gasteiger partial charge >= 0.3 is 0 Å². The molecular formula is C15H24N2O3. The zero-order chi connectivity index (χ0) is 15.0. The normalized spacial score (nSPS) is 11.2. The fourth-order valence-electron chi connectivity index (χ4n) is 1.62. The van der Waals surface area contributed by atoms with Crippen molar-refractivity contribution in [3.8, 4) is 0 Å². The Morgan fingerprint density at radius 3 is 2.45 bits per heavy atom. The second kappa shape index (κ2) is 7.87. The molecule has 1 aromatic rings. The number of carbonyl (C=O) groups excluding carboxylic acids is 1. The summed E-state index contributed by atoms with van der Waals surface area (Å²) < 4.78 is 5.35. The Bertz CT molecular complexity index is 416. The van der Waals surface area contributed by atoms with Gasteiger partial charge in [0.05, 0.1) is 12.2 Å². The number of hydrogen-bond donors (Lipinski definition) is 3. The van der Waals surface area contributed by atoms with Gasteiger partial charge in [0, 0.05) is 31.5 Å². The molecule has 0 aromatic heterocycles. The van der Waals surface area contributed by atoms with Crippen molar-refractivity contribution in [2.75, 3.05) is 32.1 Å². The monoisotopic (exact) mass is 280 g/mol. The summed E-state index contributed by atoms with van der Waals surface area (Å²) in [5.41, 5.74) is 1.41. The molecule has 1 amide bonds. The summed E-state index contributed by atoms with van der Waals surface area (Å²) in [6, 6.07) is 7.26. The lowest BCUT2D eigenvalue weighted by Crippen LogP contribution is -2.26. The van der Waals surface area contributed by atoms with Crippen LogP contribution >= 0.6 is 0 Å². The van der Waals surface area contributed by atoms with Gasteiger partial charge < -0.3 is 20.5 Å². The van der Waals surface area contributed by atoms with Crippen molar-refractivity contribution in [1.29, 1.82) is 0 Å². The molecular weight excluding hydrogens is 256 g/mol. The minimum Gasteiger partial charge on any atom is -0.395 e. The Labute approximate surface area is 120 Å². The number of methoxy groups -OCH3 is 1. The van der Waals surface area contributed by atoms with Crippen molar-refractivity contribution in [1.82, 2.24) is 5.32 Å². The SMILES string of the molecule is COC(C)(C)CCNc1ccc(C(=O)NCCO)cc1. The van der Waals surface area contributed by atoms with E-state index in [0.29, 0.717) is 5.56 Å². The third-order valence-electron chi connectivity index (χ3n) is 3.15. The number of hydrogen-bond acceptors (Lipinski definition) is 4. The molecule has 0 aliphatic heterocycles. The Morgan fingerprint density at radius 1 is 1.25 bits per heavy atom. The van der Waals surface area contributed by atoms with E-state index in [1.54, 1.807) is 19.2 Å². The van der Waals surface area contributed by atoms with E-state index in [2.05, 4.69) is 10.6 Å². The van der Waals surface area contributed by atoms with E-state index >= 15 is 0 Å². The molecule has 0 bridgehead atoms. The van der Waals surface area contributed by atoms with Gasteiger partial charge in [-0.2, -0.15) is 0 Å². The quantitative estimate of drug-likeness (QED) is 0.677. The highest BCUT2D eigenvalue weighted by Gasteiger charge is 2.15. The number of aliphatic hydroxyl groups excluding tert-OH is 1. The summed E-state index contributed by atoms with van der Waals surface area (Å²) in [4.78, 5) is 11.6. The summed E-state index contributed by atoms with van der Waals surface area (Å²) in [6.45, 7) is 5.11. The summed E-state index contributed by atoms with van der Waals surface area (Å²) in [6.07, 6.45) is 0.891. The van der Waals surface area contributed by atoms with E-state index in [0.717, 1.165) is 18.7 Å². The predicted molar refractivity (Wildman–Crippen MR) is 80.1 cm³/mol. The van der Waals surface area contributed by atoms with Gasteiger partial charge in [-0.15, -0.1) is 0 Å². The lowest BCUT2D eigenvalue weighted by Gasteiger charge is -2.23. The van der Waals surface area contributed by atoms with Crippen LogP contribution in [0.5, 0.6) is 0 Å². The molecule has 3 N–H and O–H groups in total. The van der Waals surface area contributed by atoms with Crippen molar-refractivity contribution >= 4 is 11.6 Å². The first-order chi connectivity index (χ1) is 9.48. The van der Waals surface area contributed by atoms with Gasteiger partial charge in [0.25, 0.3) is 5.91 Å². The smallest absolute Gasteiger partial charge is 0.251 e. The first-order valence-corrected chi connectivity index (χ1v) is 6.76. The van der Waals surface area contributed by atoms with Crippen molar-refractivity contribution in [3.05, 3.63) is 29.8 Å². The van der Waals surface area contributed by atoms with Crippen LogP contribution in [0.25, 0.3) is 0 Å². The molecule has 0 fully saturated rings. The highest BCUT2D eigenvalue weighted by atomic mass is 16.5. The minimum absolute atomic E-state index is 0.0549. The average molecular weight is 280 g/mol. The second-order valence-corrected chi connectivity index (χ2v) is 5.20. The Hall–Kier alpha value is -1.59. The lowest BCUT2D eigenvalue weighted by molar-refractivity contribution is 0.0185. The van der Waals surface area contributed by atoms with Crippen LogP contribution in [0.2, 0.25) is 0 Å². The second-order valence-electron chi connectivity index (χ2n) is 5.20. The molecule has 5 nitrogen and oxygen atoms in total. The number of benzene rings is 1. The van der Waals surface area contributed by atoms with Gasteiger partial charge in [-0.1, -0.05) is 0 Å². The summed E-state index contributed by atoms with van der Waals surface area (Å²) >= 11 is 0. The molecule has 0 atom stereocenters. The van der Waals surface area contributed by atoms with Crippen molar-refractivity contribution < 1.29 is 14.6 Å². The number of carbonyl (C=O) groups is 1. The first-order valence-electron chi connectivity index (χ1n) is 6.76. The topological polar surface area (TPSA) is 70.6 Å². The molecule has 20 heavy (non-hydrogen) atoms. The summed E-state index contributed by atoms with van der Waals surface area (Å²) in [7, 11) is 1.71. The molecule has 0 spiro atoms. The highest BCUT2D eigenvalue weighted by molar-refractivity contribution is 5.94. The average Bonchev–Trinajstić information content (AvgIpc) is 2.45. The van der Waals surface area contributed by atoms with Crippen LogP contribution < -0.4 is 10.6 Å². The molecule has 0 saturated heterocycles. The Kier molecular flexibility index (Phi) is 6.48. The number of anilines is 1. The van der Waals surface area contributed by atoms with Crippen molar-refractivity contribution in [2.24, 2.45) is 0 Å². The third kappa shape index (κ3) is 5.59. The predicted octanol–water partition coefficient (Wildman–Crippen LogP) is 1.64. The van der Waals surface area contributed by atoms with Gasteiger partial charge in [-0.05, 0) is 44.5 Å². The molecule has 0 heterocycles. The number of amides is 1. The Balaban J connectivity index is 2.44. The van der Waals surface area contributed by atoms with Gasteiger partial charge in [0.2, 0.25) is 0 Å². The standard InChI is InChI=1S/C15H24N2O3/c1-15(2,20-3)8-9-16-13-6-4-12(5-7-13)14(19)17-10-11-18/h4-7,16,18H,8-11H2,1-3H3,(H,17,19). The molecule has 0 radical (unpaired) electrons.